The highest BCUT2D eigenvalue weighted by atomic mass is 31.3. The number of rotatable bonds is 16. The molecule has 4 aromatic rings. The summed E-state index contributed by atoms with van der Waals surface area (Å²) in [5.41, 5.74) is 10.8. The number of aromatic nitrogens is 8. The molecule has 2 aliphatic heterocycles. The van der Waals surface area contributed by atoms with Crippen LogP contribution in [0.5, 0.6) is 0 Å². The number of H-pyrrole nitrogens is 1. The first-order chi connectivity index (χ1) is 26.1. The van der Waals surface area contributed by atoms with Gasteiger partial charge < -0.3 is 60.4 Å². The molecule has 11 atom stereocenters. The van der Waals surface area contributed by atoms with Crippen molar-refractivity contribution in [2.45, 2.75) is 43.0 Å². The molecule has 6 heterocycles. The number of nitrogen functional groups attached to an aromatic ring is 2. The Morgan fingerprint density at radius 1 is 0.839 bits per heavy atom. The molecule has 2 saturated heterocycles. The van der Waals surface area contributed by atoms with Crippen LogP contribution in [0.4, 0.5) is 11.8 Å². The van der Waals surface area contributed by atoms with Crippen LogP contribution >= 0.6 is 31.2 Å². The van der Waals surface area contributed by atoms with Gasteiger partial charge in [-0.15, -0.1) is 0 Å². The topological polar surface area (TPSA) is 446 Å². The van der Waals surface area contributed by atoms with Gasteiger partial charge in [0.1, 0.15) is 36.3 Å². The highest BCUT2D eigenvalue weighted by Crippen LogP contribution is 2.66. The standard InChI is InChI=1S/C22H33N11O19P4/c1-46-15-8(2-29-53(37,38)47-4-10-13(34)14(35)20(50-10)33-7-28-12-18(33)30-22(24)31-19(12)36)9(3-48-55(42,43)52-56(44,45)51-54(39,40)41)49-21(15)32-6-27-11-16(23)25-5-26-17(11)32/h5-10,13-15,20-21,34-35H,2-4H2,1H3,(H,42,43)(H,44,45)(H2,23,25,26)(H2,29,37,38)(H2,39,40,41)(H3,24,30,31,36)/t8?,9-,10-,13-,14-,15-,20-,21-/m1/s1. The fourth-order valence-electron chi connectivity index (χ4n) is 5.90. The second-order valence-corrected chi connectivity index (χ2v) is 17.9. The van der Waals surface area contributed by atoms with E-state index in [1.807, 2.05) is 0 Å². The maximum atomic E-state index is 13.2. The molecule has 6 rings (SSSR count). The van der Waals surface area contributed by atoms with Gasteiger partial charge in [-0.25, -0.2) is 43.3 Å². The third-order valence-electron chi connectivity index (χ3n) is 8.25. The SMILES string of the molecule is CO[C@@H]1C(CNP(=O)(O)OC[C@H]2O[C@@H](n3cnc4c(=O)[nH]c(N)nc43)[C@H](O)[C@@H]2O)[C@@H](COP(=O)(O)OP(=O)(O)OP(=O)(O)O)O[C@H]1n1cnc2c(N)ncnc21. The van der Waals surface area contributed by atoms with Gasteiger partial charge in [0.05, 0.1) is 32.0 Å². The Bertz CT molecular complexity index is 2340. The van der Waals surface area contributed by atoms with E-state index in [1.165, 1.54) is 18.0 Å². The van der Waals surface area contributed by atoms with Crippen molar-refractivity contribution >= 4 is 65.3 Å². The second kappa shape index (κ2) is 15.9. The molecule has 0 aliphatic carbocycles. The number of methoxy groups -OCH3 is 1. The molecule has 4 aromatic heterocycles. The van der Waals surface area contributed by atoms with Gasteiger partial charge in [-0.05, 0) is 0 Å². The van der Waals surface area contributed by atoms with Gasteiger partial charge >= 0.3 is 31.2 Å². The van der Waals surface area contributed by atoms with Crippen molar-refractivity contribution in [1.82, 2.24) is 44.1 Å². The van der Waals surface area contributed by atoms with E-state index >= 15 is 0 Å². The second-order valence-electron chi connectivity index (χ2n) is 11.9. The van der Waals surface area contributed by atoms with Gasteiger partial charge in [0.2, 0.25) is 5.95 Å². The molecule has 0 amide bonds. The predicted octanol–water partition coefficient (Wildman–Crippen LogP) is -2.68. The summed E-state index contributed by atoms with van der Waals surface area (Å²) < 4.78 is 85.8. The third kappa shape index (κ3) is 9.24. The first-order valence-corrected chi connectivity index (χ1v) is 21.5. The fourth-order valence-corrected chi connectivity index (χ4v) is 9.81. The number of hydrogen-bond acceptors (Lipinski definition) is 21. The Hall–Kier alpha value is -3.18. The Labute approximate surface area is 310 Å². The van der Waals surface area contributed by atoms with Crippen molar-refractivity contribution < 1.29 is 84.8 Å². The largest absolute Gasteiger partial charge is 0.490 e. The van der Waals surface area contributed by atoms with Gasteiger partial charge in [-0.1, -0.05) is 0 Å². The van der Waals surface area contributed by atoms with Crippen LogP contribution in [-0.2, 0) is 50.1 Å². The summed E-state index contributed by atoms with van der Waals surface area (Å²) in [6.07, 6.45) is -6.50. The maximum absolute atomic E-state index is 13.2. The number of aliphatic hydroxyl groups excluding tert-OH is 2. The molecule has 2 aliphatic rings. The van der Waals surface area contributed by atoms with Crippen LogP contribution in [0.25, 0.3) is 22.3 Å². The number of hydrogen-bond donors (Lipinski definition) is 11. The summed E-state index contributed by atoms with van der Waals surface area (Å²) in [4.78, 5) is 82.4. The van der Waals surface area contributed by atoms with Crippen molar-refractivity contribution in [2.24, 2.45) is 5.92 Å². The van der Waals surface area contributed by atoms with E-state index in [1.54, 1.807) is 0 Å². The number of nitrogens with one attached hydrogen (secondary N) is 2. The molecule has 0 radical (unpaired) electrons. The number of fused-ring (bicyclic) bond motifs is 2. The van der Waals surface area contributed by atoms with Crippen LogP contribution in [0.2, 0.25) is 0 Å². The molecule has 13 N–H and O–H groups in total. The summed E-state index contributed by atoms with van der Waals surface area (Å²) in [5, 5.41) is 23.7. The minimum Gasteiger partial charge on any atom is -0.387 e. The lowest BCUT2D eigenvalue weighted by Gasteiger charge is -2.25. The summed E-state index contributed by atoms with van der Waals surface area (Å²) in [5.74, 6) is -1.42. The van der Waals surface area contributed by atoms with Crippen molar-refractivity contribution in [3.63, 3.8) is 0 Å². The number of phosphoric ester groups is 1. The number of nitrogens with two attached hydrogens (primary N) is 2. The van der Waals surface area contributed by atoms with Crippen LogP contribution in [0.15, 0.2) is 23.8 Å². The van der Waals surface area contributed by atoms with Gasteiger partial charge in [0.25, 0.3) is 5.56 Å². The normalized spacial score (nSPS) is 29.1. The Morgan fingerprint density at radius 3 is 2.16 bits per heavy atom. The van der Waals surface area contributed by atoms with E-state index in [9.17, 15) is 47.9 Å². The van der Waals surface area contributed by atoms with E-state index in [0.29, 0.717) is 0 Å². The first kappa shape index (κ1) is 42.4. The number of phosphoric acid groups is 3. The van der Waals surface area contributed by atoms with E-state index in [0.717, 1.165) is 17.2 Å². The van der Waals surface area contributed by atoms with Crippen molar-refractivity contribution in [3.8, 4) is 0 Å². The molecule has 310 valence electrons. The minimum atomic E-state index is -5.88. The zero-order valence-corrected chi connectivity index (χ0v) is 31.7. The van der Waals surface area contributed by atoms with E-state index in [-0.39, 0.29) is 34.1 Å². The van der Waals surface area contributed by atoms with E-state index in [2.05, 4.69) is 43.6 Å². The molecule has 0 bridgehead atoms. The summed E-state index contributed by atoms with van der Waals surface area (Å²) in [6, 6.07) is 0. The Balaban J connectivity index is 1.17. The Morgan fingerprint density at radius 2 is 1.48 bits per heavy atom. The van der Waals surface area contributed by atoms with Crippen molar-refractivity contribution in [2.75, 3.05) is 38.3 Å². The van der Waals surface area contributed by atoms with Crippen LogP contribution < -0.4 is 22.1 Å². The average Bonchev–Trinajstić information content (AvgIpc) is 3.84. The molecule has 2 fully saturated rings. The minimum absolute atomic E-state index is 0.00769. The molecular weight excluding hydrogens is 846 g/mol. The summed E-state index contributed by atoms with van der Waals surface area (Å²) >= 11 is 0. The lowest BCUT2D eigenvalue weighted by atomic mass is 9.98. The zero-order valence-electron chi connectivity index (χ0n) is 28.1. The fraction of sp³-hybridized carbons (Fsp3) is 0.545. The third-order valence-corrected chi connectivity index (χ3v) is 13.1. The number of ether oxygens (including phenoxy) is 3. The average molecular weight is 879 g/mol. The highest BCUT2D eigenvalue weighted by Gasteiger charge is 2.50. The molecule has 30 nitrogen and oxygen atoms in total. The van der Waals surface area contributed by atoms with Gasteiger partial charge in [0, 0.05) is 19.6 Å². The molecule has 0 aromatic carbocycles. The van der Waals surface area contributed by atoms with E-state index < -0.39 is 105 Å². The molecule has 56 heavy (non-hydrogen) atoms. The van der Waals surface area contributed by atoms with E-state index in [4.69, 9.17) is 44.5 Å². The molecule has 0 spiro atoms. The molecule has 34 heteroatoms. The van der Waals surface area contributed by atoms with Gasteiger partial charge in [-0.2, -0.15) is 13.6 Å². The molecule has 4 unspecified atom stereocenters. The number of anilines is 2. The Kier molecular flexibility index (Phi) is 12.0. The number of aliphatic hydroxyl groups is 2. The smallest absolute Gasteiger partial charge is 0.387 e. The quantitative estimate of drug-likeness (QED) is 0.0511. The summed E-state index contributed by atoms with van der Waals surface area (Å²) in [7, 11) is -20.9. The van der Waals surface area contributed by atoms with Gasteiger partial charge in [0.15, 0.2) is 35.1 Å². The van der Waals surface area contributed by atoms with Crippen LogP contribution in [0, 0.1) is 5.92 Å². The highest BCUT2D eigenvalue weighted by molar-refractivity contribution is 7.66. The number of aromatic amines is 1. The van der Waals surface area contributed by atoms with Crippen LogP contribution in [0.1, 0.15) is 12.5 Å². The van der Waals surface area contributed by atoms with Crippen LogP contribution in [0.3, 0.4) is 0 Å². The zero-order chi connectivity index (χ0) is 41.0. The number of nitrogens with zero attached hydrogens (tertiary/aromatic N) is 7. The molecule has 0 saturated carbocycles. The molecular formula is C22H33N11O19P4. The first-order valence-electron chi connectivity index (χ1n) is 15.4. The van der Waals surface area contributed by atoms with Crippen molar-refractivity contribution in [1.29, 1.82) is 0 Å². The van der Waals surface area contributed by atoms with Crippen molar-refractivity contribution in [3.05, 3.63) is 29.3 Å². The monoisotopic (exact) mass is 879 g/mol. The lowest BCUT2D eigenvalue weighted by Crippen LogP contribution is -2.38. The maximum Gasteiger partial charge on any atom is 0.490 e. The van der Waals surface area contributed by atoms with Gasteiger partial charge in [-0.3, -0.25) is 28.0 Å². The van der Waals surface area contributed by atoms with Crippen LogP contribution in [-0.4, -0.2) is 131 Å². The lowest BCUT2D eigenvalue weighted by molar-refractivity contribution is -0.0577. The predicted molar refractivity (Wildman–Crippen MR) is 180 cm³/mol. The number of imidazole rings is 2. The summed E-state index contributed by atoms with van der Waals surface area (Å²) in [6.45, 7) is -2.37.